The van der Waals surface area contributed by atoms with Crippen LogP contribution in [-0.4, -0.2) is 73.4 Å². The summed E-state index contributed by atoms with van der Waals surface area (Å²) in [5.74, 6) is -4.28. The highest BCUT2D eigenvalue weighted by Crippen LogP contribution is 2.44. The largest absolute Gasteiger partial charge is 0.509 e. The van der Waals surface area contributed by atoms with Crippen molar-refractivity contribution in [1.29, 1.82) is 0 Å². The Kier molecular flexibility index (Phi) is 8.28. The maximum atomic E-state index is 15.6. The molecule has 0 saturated carbocycles. The Balaban J connectivity index is 1.84. The van der Waals surface area contributed by atoms with Gasteiger partial charge in [0.05, 0.1) is 0 Å². The topological polar surface area (TPSA) is 162 Å². The van der Waals surface area contributed by atoms with Crippen molar-refractivity contribution in [2.75, 3.05) is 11.9 Å². The van der Waals surface area contributed by atoms with Crippen LogP contribution in [-0.2, 0) is 23.7 Å². The number of alkyl halides is 2. The second-order valence-electron chi connectivity index (χ2n) is 10.4. The molecule has 1 N–H and O–H groups in total. The zero-order chi connectivity index (χ0) is 29.2. The number of anilines is 1. The van der Waals surface area contributed by atoms with Crippen molar-refractivity contribution in [3.8, 4) is 0 Å². The molecule has 1 aliphatic heterocycles. The third-order valence-corrected chi connectivity index (χ3v) is 4.76. The van der Waals surface area contributed by atoms with Crippen LogP contribution in [0.3, 0.4) is 0 Å². The third kappa shape index (κ3) is 7.72. The van der Waals surface area contributed by atoms with Crippen LogP contribution in [0.15, 0.2) is 35.8 Å². The number of imidazole rings is 1. The molecule has 14 nitrogen and oxygen atoms in total. The molecular formula is C23H29F2N5O9. The highest BCUT2D eigenvalue weighted by Gasteiger charge is 2.63. The minimum absolute atomic E-state index is 0.265. The van der Waals surface area contributed by atoms with E-state index < -0.39 is 66.2 Å². The fourth-order valence-electron chi connectivity index (χ4n) is 3.29. The summed E-state index contributed by atoms with van der Waals surface area (Å²) in [6.45, 7) is 8.59. The molecule has 16 heteroatoms. The summed E-state index contributed by atoms with van der Waals surface area (Å²) in [7, 11) is 0. The molecule has 1 aliphatic rings. The summed E-state index contributed by atoms with van der Waals surface area (Å²) >= 11 is 0. The number of amides is 1. The van der Waals surface area contributed by atoms with E-state index in [0.29, 0.717) is 4.57 Å². The first-order valence-electron chi connectivity index (χ1n) is 11.6. The molecule has 0 aliphatic carbocycles. The lowest BCUT2D eigenvalue weighted by molar-refractivity contribution is -0.149. The Morgan fingerprint density at radius 1 is 1.10 bits per heavy atom. The molecule has 1 fully saturated rings. The van der Waals surface area contributed by atoms with E-state index >= 15 is 8.78 Å². The minimum Gasteiger partial charge on any atom is -0.446 e. The molecule has 3 rings (SSSR count). The van der Waals surface area contributed by atoms with Crippen LogP contribution in [0.2, 0.25) is 0 Å². The first kappa shape index (κ1) is 29.5. The highest BCUT2D eigenvalue weighted by atomic mass is 19.3. The number of carbonyl (C=O) groups is 3. The Labute approximate surface area is 221 Å². The number of halogens is 2. The normalized spacial score (nSPS) is 20.7. The molecule has 3 atom stereocenters. The number of nitrogens with zero attached hydrogens (tertiary/aromatic N) is 4. The van der Waals surface area contributed by atoms with Crippen LogP contribution < -0.4 is 11.0 Å². The molecule has 214 valence electrons. The Bertz CT molecular complexity index is 1250. The van der Waals surface area contributed by atoms with Gasteiger partial charge in [0, 0.05) is 18.6 Å². The van der Waals surface area contributed by atoms with Gasteiger partial charge in [-0.15, -0.1) is 0 Å². The summed E-state index contributed by atoms with van der Waals surface area (Å²) in [6.07, 6.45) is -5.06. The summed E-state index contributed by atoms with van der Waals surface area (Å²) in [6, 6.07) is 1.07. The Hall–Kier alpha value is -4.08. The van der Waals surface area contributed by atoms with E-state index in [4.69, 9.17) is 23.7 Å². The van der Waals surface area contributed by atoms with Crippen LogP contribution in [0.5, 0.6) is 0 Å². The number of ether oxygens (including phenoxy) is 5. The van der Waals surface area contributed by atoms with E-state index in [9.17, 15) is 19.2 Å². The maximum Gasteiger partial charge on any atom is 0.509 e. The zero-order valence-electron chi connectivity index (χ0n) is 22.0. The lowest BCUT2D eigenvalue weighted by Crippen LogP contribution is -2.45. The van der Waals surface area contributed by atoms with Gasteiger partial charge in [-0.3, -0.25) is 9.88 Å². The van der Waals surface area contributed by atoms with Crippen molar-refractivity contribution in [3.63, 3.8) is 0 Å². The first-order valence-corrected chi connectivity index (χ1v) is 11.6. The number of nitrogens with one attached hydrogen (secondary N) is 1. The standard InChI is InChI=1S/C23H29F2N5O9/c1-21(2,3)38-18(32)28-14-7-9-30(17(31)27-14)16-23(24,25)15(37-20(34)39-22(4,5)6)13(36-16)11-35-19(33)29-10-8-26-12-29/h7-10,12-13,15-16H,11H2,1-6H3,(H,27,28,31,32)/t13-,15?,16-/m1/s1. The van der Waals surface area contributed by atoms with E-state index in [2.05, 4.69) is 15.3 Å². The quantitative estimate of drug-likeness (QED) is 0.424. The molecule has 0 bridgehead atoms. The van der Waals surface area contributed by atoms with Crippen LogP contribution in [0.4, 0.5) is 29.0 Å². The van der Waals surface area contributed by atoms with Gasteiger partial charge in [-0.05, 0) is 47.6 Å². The van der Waals surface area contributed by atoms with E-state index in [1.807, 2.05) is 0 Å². The number of carbonyl (C=O) groups excluding carboxylic acids is 3. The molecular weight excluding hydrogens is 528 g/mol. The van der Waals surface area contributed by atoms with Gasteiger partial charge >= 0.3 is 30.0 Å². The fraction of sp³-hybridized carbons (Fsp3) is 0.565. The number of hydrogen-bond donors (Lipinski definition) is 1. The van der Waals surface area contributed by atoms with Gasteiger partial charge in [0.15, 0.2) is 0 Å². The summed E-state index contributed by atoms with van der Waals surface area (Å²) < 4.78 is 57.9. The summed E-state index contributed by atoms with van der Waals surface area (Å²) in [4.78, 5) is 56.3. The lowest BCUT2D eigenvalue weighted by atomic mass is 10.1. The van der Waals surface area contributed by atoms with Crippen LogP contribution in [0.25, 0.3) is 0 Å². The highest BCUT2D eigenvalue weighted by molar-refractivity contribution is 5.83. The van der Waals surface area contributed by atoms with Crippen LogP contribution >= 0.6 is 0 Å². The van der Waals surface area contributed by atoms with Crippen LogP contribution in [0.1, 0.15) is 47.8 Å². The molecule has 0 spiro atoms. The van der Waals surface area contributed by atoms with Gasteiger partial charge in [0.25, 0.3) is 0 Å². The van der Waals surface area contributed by atoms with Gasteiger partial charge in [0.1, 0.15) is 36.1 Å². The Morgan fingerprint density at radius 2 is 1.77 bits per heavy atom. The number of hydrogen-bond acceptors (Lipinski definition) is 11. The molecule has 1 saturated heterocycles. The molecule has 2 aromatic rings. The predicted molar refractivity (Wildman–Crippen MR) is 127 cm³/mol. The lowest BCUT2D eigenvalue weighted by Gasteiger charge is -2.26. The van der Waals surface area contributed by atoms with Crippen molar-refractivity contribution in [2.24, 2.45) is 0 Å². The second-order valence-corrected chi connectivity index (χ2v) is 10.4. The Morgan fingerprint density at radius 3 is 2.33 bits per heavy atom. The second kappa shape index (κ2) is 11.0. The van der Waals surface area contributed by atoms with Crippen molar-refractivity contribution in [3.05, 3.63) is 41.5 Å². The average Bonchev–Trinajstić information content (AvgIpc) is 3.38. The van der Waals surface area contributed by atoms with Gasteiger partial charge in [-0.25, -0.2) is 28.7 Å². The molecule has 0 aromatic carbocycles. The SMILES string of the molecule is CC(C)(C)OC(=O)Nc1ccn([C@@H]2O[C@H](COC(=O)n3ccnc3)C(OC(=O)OC(C)(C)C)C2(F)F)c(=O)n1. The van der Waals surface area contributed by atoms with E-state index in [1.165, 1.54) is 33.2 Å². The number of aromatic nitrogens is 4. The van der Waals surface area contributed by atoms with E-state index in [-0.39, 0.29) is 5.82 Å². The average molecular weight is 558 g/mol. The van der Waals surface area contributed by atoms with Crippen molar-refractivity contribution in [2.45, 2.75) is 77.1 Å². The summed E-state index contributed by atoms with van der Waals surface area (Å²) in [5, 5.41) is 2.22. The van der Waals surface area contributed by atoms with Crippen LogP contribution in [0, 0.1) is 0 Å². The van der Waals surface area contributed by atoms with Crippen molar-refractivity contribution in [1.82, 2.24) is 19.1 Å². The smallest absolute Gasteiger partial charge is 0.446 e. The minimum atomic E-state index is -4.02. The fourth-order valence-corrected chi connectivity index (χ4v) is 3.29. The predicted octanol–water partition coefficient (Wildman–Crippen LogP) is 3.32. The molecule has 1 amide bonds. The maximum absolute atomic E-state index is 15.6. The van der Waals surface area contributed by atoms with E-state index in [0.717, 1.165) is 23.2 Å². The van der Waals surface area contributed by atoms with Crippen molar-refractivity contribution < 1.29 is 46.8 Å². The summed E-state index contributed by atoms with van der Waals surface area (Å²) in [5.41, 5.74) is -3.12. The van der Waals surface area contributed by atoms with Crippen molar-refractivity contribution >= 4 is 24.2 Å². The zero-order valence-corrected chi connectivity index (χ0v) is 22.0. The van der Waals surface area contributed by atoms with Gasteiger partial charge in [0.2, 0.25) is 12.3 Å². The molecule has 1 unspecified atom stereocenters. The van der Waals surface area contributed by atoms with Gasteiger partial charge in [-0.2, -0.15) is 13.8 Å². The third-order valence-electron chi connectivity index (χ3n) is 4.76. The monoisotopic (exact) mass is 557 g/mol. The van der Waals surface area contributed by atoms with Gasteiger partial charge in [-0.1, -0.05) is 0 Å². The first-order chi connectivity index (χ1) is 18.0. The van der Waals surface area contributed by atoms with E-state index in [1.54, 1.807) is 20.8 Å². The van der Waals surface area contributed by atoms with Gasteiger partial charge < -0.3 is 23.7 Å². The number of rotatable bonds is 5. The molecule has 3 heterocycles. The molecule has 39 heavy (non-hydrogen) atoms. The molecule has 0 radical (unpaired) electrons. The molecule has 2 aromatic heterocycles.